The van der Waals surface area contributed by atoms with Crippen molar-refractivity contribution in [3.8, 4) is 6.07 Å². The fraction of sp³-hybridized carbons (Fsp3) is 0.125. The third kappa shape index (κ3) is 3.80. The smallest absolute Gasteiger partial charge is 0.229 e. The molecule has 0 saturated heterocycles. The summed E-state index contributed by atoms with van der Waals surface area (Å²) in [5, 5.41) is 19.7. The van der Waals surface area contributed by atoms with E-state index >= 15 is 0 Å². The van der Waals surface area contributed by atoms with Crippen LogP contribution in [0.1, 0.15) is 11.1 Å². The average molecular weight is 340 g/mol. The number of nitriles is 1. The second-order valence-electron chi connectivity index (χ2n) is 5.08. The standard InChI is InChI=1S/C16H14ClN7/c1-24-10-13(8-21-24)22-16-20-9-14(17)15(23-16)19-7-12-4-2-3-11(5-12)6-18/h2-5,8-10H,7H2,1H3,(H2,19,20,22,23). The molecular weight excluding hydrogens is 326 g/mol. The van der Waals surface area contributed by atoms with Gasteiger partial charge in [-0.15, -0.1) is 0 Å². The minimum atomic E-state index is 0.417. The molecule has 0 bridgehead atoms. The van der Waals surface area contributed by atoms with Crippen molar-refractivity contribution in [3.05, 3.63) is 59.0 Å². The molecule has 0 aliphatic heterocycles. The number of aromatic nitrogens is 4. The van der Waals surface area contributed by atoms with E-state index in [-0.39, 0.29) is 0 Å². The highest BCUT2D eigenvalue weighted by Gasteiger charge is 2.07. The second-order valence-corrected chi connectivity index (χ2v) is 5.49. The van der Waals surface area contributed by atoms with Crippen LogP contribution >= 0.6 is 11.6 Å². The zero-order valence-electron chi connectivity index (χ0n) is 12.9. The van der Waals surface area contributed by atoms with Crippen LogP contribution in [0.15, 0.2) is 42.9 Å². The van der Waals surface area contributed by atoms with Crippen LogP contribution in [0, 0.1) is 11.3 Å². The van der Waals surface area contributed by atoms with Crippen LogP contribution < -0.4 is 10.6 Å². The molecule has 120 valence electrons. The number of rotatable bonds is 5. The first-order valence-corrected chi connectivity index (χ1v) is 7.53. The first-order valence-electron chi connectivity index (χ1n) is 7.15. The maximum absolute atomic E-state index is 8.94. The van der Waals surface area contributed by atoms with E-state index in [9.17, 15) is 0 Å². The molecule has 0 amide bonds. The Morgan fingerprint density at radius 2 is 2.21 bits per heavy atom. The van der Waals surface area contributed by atoms with Gasteiger partial charge in [0.15, 0.2) is 5.82 Å². The average Bonchev–Trinajstić information content (AvgIpc) is 3.00. The lowest BCUT2D eigenvalue weighted by Gasteiger charge is -2.09. The molecule has 0 radical (unpaired) electrons. The van der Waals surface area contributed by atoms with Gasteiger partial charge in [-0.3, -0.25) is 4.68 Å². The maximum atomic E-state index is 8.94. The summed E-state index contributed by atoms with van der Waals surface area (Å²) in [5.74, 6) is 0.932. The number of nitrogens with zero attached hydrogens (tertiary/aromatic N) is 5. The lowest BCUT2D eigenvalue weighted by molar-refractivity contribution is 0.768. The number of hydrogen-bond acceptors (Lipinski definition) is 6. The van der Waals surface area contributed by atoms with Gasteiger partial charge in [0.1, 0.15) is 5.02 Å². The normalized spacial score (nSPS) is 10.2. The summed E-state index contributed by atoms with van der Waals surface area (Å²) in [6, 6.07) is 9.46. The largest absolute Gasteiger partial charge is 0.365 e. The van der Waals surface area contributed by atoms with E-state index in [1.165, 1.54) is 6.20 Å². The van der Waals surface area contributed by atoms with Gasteiger partial charge in [-0.05, 0) is 17.7 Å². The first-order chi connectivity index (χ1) is 11.6. The maximum Gasteiger partial charge on any atom is 0.229 e. The van der Waals surface area contributed by atoms with Gasteiger partial charge in [-0.25, -0.2) is 4.98 Å². The molecule has 2 N–H and O–H groups in total. The Morgan fingerprint density at radius 1 is 1.33 bits per heavy atom. The molecule has 0 atom stereocenters. The van der Waals surface area contributed by atoms with Crippen molar-refractivity contribution >= 4 is 29.1 Å². The second kappa shape index (κ2) is 6.98. The Balaban J connectivity index is 1.73. The lowest BCUT2D eigenvalue weighted by Crippen LogP contribution is -2.05. The van der Waals surface area contributed by atoms with Crippen molar-refractivity contribution in [2.75, 3.05) is 10.6 Å². The SMILES string of the molecule is Cn1cc(Nc2ncc(Cl)c(NCc3cccc(C#N)c3)n2)cn1. The van der Waals surface area contributed by atoms with E-state index in [4.69, 9.17) is 16.9 Å². The van der Waals surface area contributed by atoms with Gasteiger partial charge in [-0.2, -0.15) is 15.3 Å². The predicted molar refractivity (Wildman–Crippen MR) is 92.0 cm³/mol. The highest BCUT2D eigenvalue weighted by Crippen LogP contribution is 2.22. The monoisotopic (exact) mass is 339 g/mol. The Labute approximate surface area is 143 Å². The van der Waals surface area contributed by atoms with Crippen LogP contribution in [-0.2, 0) is 13.6 Å². The van der Waals surface area contributed by atoms with E-state index in [1.807, 2.05) is 31.4 Å². The Bertz CT molecular complexity index is 897. The number of halogens is 1. The van der Waals surface area contributed by atoms with E-state index in [1.54, 1.807) is 16.9 Å². The van der Waals surface area contributed by atoms with E-state index in [2.05, 4.69) is 31.8 Å². The van der Waals surface area contributed by atoms with Gasteiger partial charge in [-0.1, -0.05) is 23.7 Å². The molecule has 0 aliphatic rings. The molecule has 3 aromatic rings. The highest BCUT2D eigenvalue weighted by molar-refractivity contribution is 6.32. The van der Waals surface area contributed by atoms with Crippen LogP contribution in [0.25, 0.3) is 0 Å². The minimum absolute atomic E-state index is 0.417. The summed E-state index contributed by atoms with van der Waals surface area (Å²) >= 11 is 6.14. The van der Waals surface area contributed by atoms with Gasteiger partial charge in [0.2, 0.25) is 5.95 Å². The summed E-state index contributed by atoms with van der Waals surface area (Å²) in [6.07, 6.45) is 5.03. The lowest BCUT2D eigenvalue weighted by atomic mass is 10.1. The molecule has 2 aromatic heterocycles. The fourth-order valence-electron chi connectivity index (χ4n) is 2.10. The van der Waals surface area contributed by atoms with Crippen LogP contribution in [0.3, 0.4) is 0 Å². The molecule has 0 aliphatic carbocycles. The number of aryl methyl sites for hydroxylation is 1. The Kier molecular flexibility index (Phi) is 4.59. The van der Waals surface area contributed by atoms with Gasteiger partial charge in [0.25, 0.3) is 0 Å². The molecule has 0 spiro atoms. The number of benzene rings is 1. The van der Waals surface area contributed by atoms with Crippen LogP contribution in [0.4, 0.5) is 17.5 Å². The summed E-state index contributed by atoms with van der Waals surface area (Å²) in [5.41, 5.74) is 2.36. The third-order valence-corrected chi connectivity index (χ3v) is 3.50. The third-order valence-electron chi connectivity index (χ3n) is 3.22. The molecular formula is C16H14ClN7. The molecule has 7 nitrogen and oxygen atoms in total. The minimum Gasteiger partial charge on any atom is -0.365 e. The summed E-state index contributed by atoms with van der Waals surface area (Å²) in [7, 11) is 1.83. The molecule has 8 heteroatoms. The quantitative estimate of drug-likeness (QED) is 0.742. The molecule has 0 saturated carbocycles. The molecule has 0 unspecified atom stereocenters. The zero-order valence-corrected chi connectivity index (χ0v) is 13.6. The molecule has 24 heavy (non-hydrogen) atoms. The molecule has 2 heterocycles. The van der Waals surface area contributed by atoms with Gasteiger partial charge in [0, 0.05) is 19.8 Å². The summed E-state index contributed by atoms with van der Waals surface area (Å²) < 4.78 is 1.68. The van der Waals surface area contributed by atoms with E-state index in [0.29, 0.717) is 28.9 Å². The molecule has 3 rings (SSSR count). The van der Waals surface area contributed by atoms with Gasteiger partial charge < -0.3 is 10.6 Å². The first kappa shape index (κ1) is 15.8. The fourth-order valence-corrected chi connectivity index (χ4v) is 2.26. The highest BCUT2D eigenvalue weighted by atomic mass is 35.5. The summed E-state index contributed by atoms with van der Waals surface area (Å²) in [6.45, 7) is 0.499. The van der Waals surface area contributed by atoms with Crippen molar-refractivity contribution in [3.63, 3.8) is 0 Å². The van der Waals surface area contributed by atoms with Crippen molar-refractivity contribution < 1.29 is 0 Å². The van der Waals surface area contributed by atoms with Crippen molar-refractivity contribution in [2.45, 2.75) is 6.54 Å². The number of anilines is 3. The van der Waals surface area contributed by atoms with Crippen molar-refractivity contribution in [1.82, 2.24) is 19.7 Å². The predicted octanol–water partition coefficient (Wildman–Crippen LogP) is 3.09. The zero-order chi connectivity index (χ0) is 16.9. The van der Waals surface area contributed by atoms with Gasteiger partial charge >= 0.3 is 0 Å². The molecule has 1 aromatic carbocycles. The van der Waals surface area contributed by atoms with E-state index in [0.717, 1.165) is 11.3 Å². The molecule has 0 fully saturated rings. The van der Waals surface area contributed by atoms with Crippen molar-refractivity contribution in [2.24, 2.45) is 7.05 Å². The topological polar surface area (TPSA) is 91.5 Å². The van der Waals surface area contributed by atoms with Crippen molar-refractivity contribution in [1.29, 1.82) is 5.26 Å². The Morgan fingerprint density at radius 3 is 2.96 bits per heavy atom. The van der Waals surface area contributed by atoms with Crippen LogP contribution in [0.5, 0.6) is 0 Å². The Hall–Kier alpha value is -3.11. The summed E-state index contributed by atoms with van der Waals surface area (Å²) in [4.78, 5) is 8.52. The van der Waals surface area contributed by atoms with Gasteiger partial charge in [0.05, 0.1) is 29.7 Å². The van der Waals surface area contributed by atoms with Crippen LogP contribution in [-0.4, -0.2) is 19.7 Å². The van der Waals surface area contributed by atoms with E-state index < -0.39 is 0 Å². The number of nitrogens with one attached hydrogen (secondary N) is 2. The van der Waals surface area contributed by atoms with Crippen LogP contribution in [0.2, 0.25) is 5.02 Å². The number of hydrogen-bond donors (Lipinski definition) is 2.